The molecule has 0 unspecified atom stereocenters. The highest BCUT2D eigenvalue weighted by Gasteiger charge is 2.34. The van der Waals surface area contributed by atoms with E-state index >= 15 is 0 Å². The van der Waals surface area contributed by atoms with Gasteiger partial charge in [-0.05, 0) is 32.6 Å². The normalized spacial score (nSPS) is 22.2. The largest absolute Gasteiger partial charge is 0.351 e. The van der Waals surface area contributed by atoms with Crippen molar-refractivity contribution in [2.45, 2.75) is 83.2 Å². The fourth-order valence-electron chi connectivity index (χ4n) is 5.43. The van der Waals surface area contributed by atoms with Crippen LogP contribution in [0.2, 0.25) is 0 Å². The quantitative estimate of drug-likeness (QED) is 0.737. The predicted molar refractivity (Wildman–Crippen MR) is 114 cm³/mol. The van der Waals surface area contributed by atoms with Crippen LogP contribution in [0.1, 0.15) is 80.5 Å². The lowest BCUT2D eigenvalue weighted by Gasteiger charge is -2.43. The van der Waals surface area contributed by atoms with E-state index in [9.17, 15) is 9.59 Å². The van der Waals surface area contributed by atoms with E-state index in [1.54, 1.807) is 11.0 Å². The van der Waals surface area contributed by atoms with Gasteiger partial charge in [0.15, 0.2) is 0 Å². The maximum Gasteiger partial charge on any atom is 0.292 e. The number of amides is 2. The highest BCUT2D eigenvalue weighted by atomic mass is 16.5. The van der Waals surface area contributed by atoms with Gasteiger partial charge in [0.05, 0.1) is 12.2 Å². The summed E-state index contributed by atoms with van der Waals surface area (Å²) in [7, 11) is 0. The minimum Gasteiger partial charge on any atom is -0.351 e. The molecule has 0 bridgehead atoms. The van der Waals surface area contributed by atoms with Crippen LogP contribution in [0, 0.1) is 6.92 Å². The fourth-order valence-corrected chi connectivity index (χ4v) is 5.43. The molecule has 166 valence electrons. The van der Waals surface area contributed by atoms with E-state index in [-0.39, 0.29) is 5.91 Å². The molecule has 7 nitrogen and oxygen atoms in total. The van der Waals surface area contributed by atoms with Crippen molar-refractivity contribution in [3.63, 3.8) is 0 Å². The summed E-state index contributed by atoms with van der Waals surface area (Å²) in [6.45, 7) is 5.00. The molecule has 3 aliphatic rings. The van der Waals surface area contributed by atoms with Crippen molar-refractivity contribution in [3.05, 3.63) is 17.5 Å². The Labute approximate surface area is 179 Å². The van der Waals surface area contributed by atoms with Gasteiger partial charge in [-0.15, -0.1) is 0 Å². The molecule has 1 saturated heterocycles. The summed E-state index contributed by atoms with van der Waals surface area (Å²) >= 11 is 0. The van der Waals surface area contributed by atoms with E-state index < -0.39 is 0 Å². The van der Waals surface area contributed by atoms with Gasteiger partial charge in [0.1, 0.15) is 0 Å². The number of aryl methyl sites for hydroxylation is 1. The first-order chi connectivity index (χ1) is 14.6. The number of hydrogen-bond acceptors (Lipinski definition) is 5. The van der Waals surface area contributed by atoms with Gasteiger partial charge < -0.3 is 14.3 Å². The van der Waals surface area contributed by atoms with Crippen molar-refractivity contribution >= 4 is 11.8 Å². The number of carbonyl (C=O) groups is 2. The molecule has 0 aromatic carbocycles. The van der Waals surface area contributed by atoms with Crippen molar-refractivity contribution in [1.82, 2.24) is 19.9 Å². The average molecular weight is 417 g/mol. The van der Waals surface area contributed by atoms with E-state index in [4.69, 9.17) is 4.52 Å². The van der Waals surface area contributed by atoms with Crippen LogP contribution in [-0.2, 0) is 4.79 Å². The summed E-state index contributed by atoms with van der Waals surface area (Å²) in [5, 5.41) is 3.81. The van der Waals surface area contributed by atoms with Crippen LogP contribution in [0.25, 0.3) is 0 Å². The summed E-state index contributed by atoms with van der Waals surface area (Å²) in [5.74, 6) is 0.504. The molecule has 2 saturated carbocycles. The second kappa shape index (κ2) is 9.94. The van der Waals surface area contributed by atoms with Gasteiger partial charge in [0.25, 0.3) is 5.91 Å². The molecule has 2 heterocycles. The zero-order valence-corrected chi connectivity index (χ0v) is 18.4. The standard InChI is InChI=1S/C23H36N4O3/c1-18-16-21(30-24-18)23(29)26-14-12-25(13-15-26)17-22(28)27(19-8-4-2-5-9-19)20-10-6-3-7-11-20/h16,19-20H,2-15,17H2,1H3. The van der Waals surface area contributed by atoms with E-state index in [1.807, 2.05) is 6.92 Å². The van der Waals surface area contributed by atoms with E-state index in [2.05, 4.69) is 15.0 Å². The number of hydrogen-bond donors (Lipinski definition) is 0. The van der Waals surface area contributed by atoms with Gasteiger partial charge in [0, 0.05) is 44.3 Å². The Bertz CT molecular complexity index is 696. The van der Waals surface area contributed by atoms with Gasteiger partial charge in [-0.3, -0.25) is 14.5 Å². The Morgan fingerprint density at radius 3 is 2.03 bits per heavy atom. The Kier molecular flexibility index (Phi) is 7.08. The molecular formula is C23H36N4O3. The first-order valence-corrected chi connectivity index (χ1v) is 11.9. The maximum absolute atomic E-state index is 13.4. The minimum atomic E-state index is -0.104. The van der Waals surface area contributed by atoms with Crippen LogP contribution in [0.3, 0.4) is 0 Å². The molecule has 0 spiro atoms. The molecular weight excluding hydrogens is 380 g/mol. The van der Waals surface area contributed by atoms with Crippen LogP contribution in [-0.4, -0.2) is 76.5 Å². The molecule has 0 N–H and O–H groups in total. The second-order valence-electron chi connectivity index (χ2n) is 9.29. The zero-order chi connectivity index (χ0) is 20.9. The third kappa shape index (κ3) is 5.05. The Morgan fingerprint density at radius 1 is 0.967 bits per heavy atom. The van der Waals surface area contributed by atoms with Crippen LogP contribution < -0.4 is 0 Å². The lowest BCUT2D eigenvalue weighted by Crippen LogP contribution is -2.55. The first kappa shape index (κ1) is 21.3. The maximum atomic E-state index is 13.4. The first-order valence-electron chi connectivity index (χ1n) is 11.9. The molecule has 0 atom stereocenters. The number of nitrogens with zero attached hydrogens (tertiary/aromatic N) is 4. The molecule has 1 aliphatic heterocycles. The van der Waals surface area contributed by atoms with Gasteiger partial charge in [0.2, 0.25) is 11.7 Å². The summed E-state index contributed by atoms with van der Waals surface area (Å²) in [6, 6.07) is 2.56. The SMILES string of the molecule is Cc1cc(C(=O)N2CCN(CC(=O)N(C3CCCCC3)C3CCCCC3)CC2)on1. The van der Waals surface area contributed by atoms with Crippen molar-refractivity contribution in [2.24, 2.45) is 0 Å². The smallest absolute Gasteiger partial charge is 0.292 e. The Morgan fingerprint density at radius 2 is 1.53 bits per heavy atom. The molecule has 3 fully saturated rings. The summed E-state index contributed by atoms with van der Waals surface area (Å²) < 4.78 is 5.12. The van der Waals surface area contributed by atoms with E-state index in [0.29, 0.717) is 49.1 Å². The van der Waals surface area contributed by atoms with Gasteiger partial charge >= 0.3 is 0 Å². The number of piperazine rings is 1. The number of aromatic nitrogens is 1. The Balaban J connectivity index is 1.33. The molecule has 7 heteroatoms. The van der Waals surface area contributed by atoms with E-state index in [1.165, 1.54) is 64.2 Å². The van der Waals surface area contributed by atoms with Crippen molar-refractivity contribution < 1.29 is 14.1 Å². The third-order valence-electron chi connectivity index (χ3n) is 7.08. The number of rotatable bonds is 5. The van der Waals surface area contributed by atoms with Gasteiger partial charge in [-0.2, -0.15) is 0 Å². The Hall–Kier alpha value is -1.89. The molecule has 4 rings (SSSR count). The molecule has 1 aromatic heterocycles. The van der Waals surface area contributed by atoms with Gasteiger partial charge in [-0.1, -0.05) is 43.7 Å². The molecule has 1 aromatic rings. The van der Waals surface area contributed by atoms with E-state index in [0.717, 1.165) is 13.1 Å². The summed E-state index contributed by atoms with van der Waals surface area (Å²) in [6.07, 6.45) is 12.3. The third-order valence-corrected chi connectivity index (χ3v) is 7.08. The monoisotopic (exact) mass is 416 g/mol. The molecule has 0 radical (unpaired) electrons. The summed E-state index contributed by atoms with van der Waals surface area (Å²) in [5.41, 5.74) is 0.716. The molecule has 2 aliphatic carbocycles. The second-order valence-corrected chi connectivity index (χ2v) is 9.29. The van der Waals surface area contributed by atoms with Crippen LogP contribution in [0.5, 0.6) is 0 Å². The molecule has 30 heavy (non-hydrogen) atoms. The van der Waals surface area contributed by atoms with Crippen molar-refractivity contribution in [2.75, 3.05) is 32.7 Å². The fraction of sp³-hybridized carbons (Fsp3) is 0.783. The molecule has 2 amide bonds. The summed E-state index contributed by atoms with van der Waals surface area (Å²) in [4.78, 5) is 32.3. The average Bonchev–Trinajstić information content (AvgIpc) is 3.22. The lowest BCUT2D eigenvalue weighted by atomic mass is 9.88. The van der Waals surface area contributed by atoms with Crippen molar-refractivity contribution in [3.8, 4) is 0 Å². The topological polar surface area (TPSA) is 69.9 Å². The van der Waals surface area contributed by atoms with Gasteiger partial charge in [-0.25, -0.2) is 0 Å². The van der Waals surface area contributed by atoms with Crippen LogP contribution >= 0.6 is 0 Å². The highest BCUT2D eigenvalue weighted by molar-refractivity contribution is 5.91. The van der Waals surface area contributed by atoms with Crippen molar-refractivity contribution in [1.29, 1.82) is 0 Å². The predicted octanol–water partition coefficient (Wildman–Crippen LogP) is 3.23. The van der Waals surface area contributed by atoms with Crippen LogP contribution in [0.15, 0.2) is 10.6 Å². The van der Waals surface area contributed by atoms with Crippen LogP contribution in [0.4, 0.5) is 0 Å². The zero-order valence-electron chi connectivity index (χ0n) is 18.4. The number of carbonyl (C=O) groups excluding carboxylic acids is 2. The highest BCUT2D eigenvalue weighted by Crippen LogP contribution is 2.30. The lowest BCUT2D eigenvalue weighted by molar-refractivity contribution is -0.139. The minimum absolute atomic E-state index is 0.104.